The molecule has 0 aliphatic carbocycles. The number of esters is 1. The fraction of sp³-hybridized carbons (Fsp3) is 0.444. The Kier molecular flexibility index (Phi) is 6.39. The standard InChI is InChI=1S/C9H14O2/c1-3-5-6-7-8-11-9(10)4-2/h3-5H,2,6-8H2,1H3. The van der Waals surface area contributed by atoms with Crippen LogP contribution in [0.3, 0.4) is 0 Å². The summed E-state index contributed by atoms with van der Waals surface area (Å²) in [5.41, 5.74) is 0. The summed E-state index contributed by atoms with van der Waals surface area (Å²) >= 11 is 0. The van der Waals surface area contributed by atoms with Gasteiger partial charge in [-0.1, -0.05) is 18.7 Å². The van der Waals surface area contributed by atoms with Crippen LogP contribution in [0.25, 0.3) is 0 Å². The van der Waals surface area contributed by atoms with Gasteiger partial charge in [0.2, 0.25) is 0 Å². The highest BCUT2D eigenvalue weighted by atomic mass is 16.5. The first-order valence-corrected chi connectivity index (χ1v) is 3.71. The SMILES string of the molecule is C=CC(=O)OCCCC=CC. The zero-order valence-corrected chi connectivity index (χ0v) is 6.88. The lowest BCUT2D eigenvalue weighted by Crippen LogP contribution is -2.00. The number of ether oxygens (including phenoxy) is 1. The Morgan fingerprint density at radius 2 is 2.36 bits per heavy atom. The normalized spacial score (nSPS) is 9.91. The van der Waals surface area contributed by atoms with Crippen LogP contribution in [0, 0.1) is 0 Å². The van der Waals surface area contributed by atoms with Crippen LogP contribution in [0.5, 0.6) is 0 Å². The van der Waals surface area contributed by atoms with Crippen LogP contribution in [-0.4, -0.2) is 12.6 Å². The second-order valence-corrected chi connectivity index (χ2v) is 2.08. The number of carbonyl (C=O) groups excluding carboxylic acids is 1. The minimum absolute atomic E-state index is 0.342. The lowest BCUT2D eigenvalue weighted by Gasteiger charge is -1.97. The molecule has 0 rings (SSSR count). The van der Waals surface area contributed by atoms with Gasteiger partial charge in [-0.15, -0.1) is 0 Å². The summed E-state index contributed by atoms with van der Waals surface area (Å²) in [6, 6.07) is 0. The number of rotatable bonds is 5. The Hall–Kier alpha value is -1.05. The van der Waals surface area contributed by atoms with Gasteiger partial charge in [-0.2, -0.15) is 0 Å². The third-order valence-corrected chi connectivity index (χ3v) is 1.16. The van der Waals surface area contributed by atoms with Crippen molar-refractivity contribution in [2.75, 3.05) is 6.61 Å². The molecule has 0 fully saturated rings. The monoisotopic (exact) mass is 154 g/mol. The van der Waals surface area contributed by atoms with Crippen LogP contribution < -0.4 is 0 Å². The molecule has 0 aromatic heterocycles. The van der Waals surface area contributed by atoms with Crippen molar-refractivity contribution in [1.82, 2.24) is 0 Å². The van der Waals surface area contributed by atoms with Gasteiger partial charge in [0.05, 0.1) is 6.61 Å². The second kappa shape index (κ2) is 7.06. The van der Waals surface area contributed by atoms with Gasteiger partial charge in [-0.05, 0) is 19.8 Å². The van der Waals surface area contributed by atoms with Crippen LogP contribution in [0.2, 0.25) is 0 Å². The zero-order valence-electron chi connectivity index (χ0n) is 6.88. The van der Waals surface area contributed by atoms with Crippen molar-refractivity contribution in [2.45, 2.75) is 19.8 Å². The smallest absolute Gasteiger partial charge is 0.330 e. The van der Waals surface area contributed by atoms with Gasteiger partial charge in [0.25, 0.3) is 0 Å². The molecule has 0 amide bonds. The third kappa shape index (κ3) is 6.84. The predicted molar refractivity (Wildman–Crippen MR) is 45.2 cm³/mol. The van der Waals surface area contributed by atoms with Crippen molar-refractivity contribution in [2.24, 2.45) is 0 Å². The molecule has 0 aliphatic rings. The summed E-state index contributed by atoms with van der Waals surface area (Å²) < 4.78 is 4.75. The van der Waals surface area contributed by atoms with E-state index in [1.54, 1.807) is 0 Å². The lowest BCUT2D eigenvalue weighted by molar-refractivity contribution is -0.137. The topological polar surface area (TPSA) is 26.3 Å². The average molecular weight is 154 g/mol. The van der Waals surface area contributed by atoms with Gasteiger partial charge in [0.1, 0.15) is 0 Å². The maximum Gasteiger partial charge on any atom is 0.330 e. The quantitative estimate of drug-likeness (QED) is 0.262. The average Bonchev–Trinajstić information content (AvgIpc) is 2.04. The Morgan fingerprint density at radius 1 is 1.64 bits per heavy atom. The molecule has 0 atom stereocenters. The molecule has 0 unspecified atom stereocenters. The molecule has 0 saturated heterocycles. The van der Waals surface area contributed by atoms with Crippen LogP contribution in [0.15, 0.2) is 24.8 Å². The van der Waals surface area contributed by atoms with Gasteiger partial charge in [-0.25, -0.2) is 4.79 Å². The Bertz CT molecular complexity index is 148. The van der Waals surface area contributed by atoms with Crippen LogP contribution in [0.1, 0.15) is 19.8 Å². The van der Waals surface area contributed by atoms with Gasteiger partial charge in [0, 0.05) is 6.08 Å². The summed E-state index contributed by atoms with van der Waals surface area (Å²) in [5, 5.41) is 0. The molecule has 62 valence electrons. The molecule has 0 aromatic rings. The summed E-state index contributed by atoms with van der Waals surface area (Å²) in [6.07, 6.45) is 7.04. The highest BCUT2D eigenvalue weighted by Gasteiger charge is 1.92. The molecular weight excluding hydrogens is 140 g/mol. The van der Waals surface area contributed by atoms with Crippen molar-refractivity contribution in [1.29, 1.82) is 0 Å². The maximum atomic E-state index is 10.5. The van der Waals surface area contributed by atoms with Crippen molar-refractivity contribution < 1.29 is 9.53 Å². The molecule has 0 spiro atoms. The van der Waals surface area contributed by atoms with Crippen molar-refractivity contribution in [3.8, 4) is 0 Å². The first kappa shape index (κ1) is 9.95. The van der Waals surface area contributed by atoms with E-state index in [1.807, 2.05) is 19.1 Å². The molecule has 11 heavy (non-hydrogen) atoms. The predicted octanol–water partition coefficient (Wildman–Crippen LogP) is 2.07. The Balaban J connectivity index is 3.14. The third-order valence-electron chi connectivity index (χ3n) is 1.16. The van der Waals surface area contributed by atoms with Crippen molar-refractivity contribution in [3.05, 3.63) is 24.8 Å². The van der Waals surface area contributed by atoms with E-state index in [9.17, 15) is 4.79 Å². The highest BCUT2D eigenvalue weighted by molar-refractivity contribution is 5.81. The number of hydrogen-bond donors (Lipinski definition) is 0. The number of carbonyl (C=O) groups is 1. The van der Waals surface area contributed by atoms with E-state index in [2.05, 4.69) is 6.58 Å². The summed E-state index contributed by atoms with van der Waals surface area (Å²) in [6.45, 7) is 5.74. The van der Waals surface area contributed by atoms with Gasteiger partial charge < -0.3 is 4.74 Å². The Morgan fingerprint density at radius 3 is 2.91 bits per heavy atom. The summed E-state index contributed by atoms with van der Waals surface area (Å²) in [5.74, 6) is -0.342. The van der Waals surface area contributed by atoms with E-state index in [4.69, 9.17) is 4.74 Å². The largest absolute Gasteiger partial charge is 0.463 e. The molecule has 2 heteroatoms. The maximum absolute atomic E-state index is 10.5. The Labute approximate surface area is 67.6 Å². The molecular formula is C9H14O2. The molecule has 0 radical (unpaired) electrons. The summed E-state index contributed by atoms with van der Waals surface area (Å²) in [7, 11) is 0. The number of unbranched alkanes of at least 4 members (excludes halogenated alkanes) is 1. The van der Waals surface area contributed by atoms with Gasteiger partial charge in [0.15, 0.2) is 0 Å². The van der Waals surface area contributed by atoms with E-state index in [0.29, 0.717) is 6.61 Å². The van der Waals surface area contributed by atoms with E-state index >= 15 is 0 Å². The molecule has 0 saturated carbocycles. The molecule has 2 nitrogen and oxygen atoms in total. The van der Waals surface area contributed by atoms with Crippen LogP contribution >= 0.6 is 0 Å². The molecule has 0 aliphatic heterocycles. The lowest BCUT2D eigenvalue weighted by atomic mass is 10.3. The fourth-order valence-corrected chi connectivity index (χ4v) is 0.600. The second-order valence-electron chi connectivity index (χ2n) is 2.08. The summed E-state index contributed by atoms with van der Waals surface area (Å²) in [4.78, 5) is 10.5. The minimum atomic E-state index is -0.342. The number of hydrogen-bond acceptors (Lipinski definition) is 2. The van der Waals surface area contributed by atoms with E-state index in [-0.39, 0.29) is 5.97 Å². The zero-order chi connectivity index (χ0) is 8.53. The number of allylic oxidation sites excluding steroid dienone is 2. The molecule has 0 N–H and O–H groups in total. The van der Waals surface area contributed by atoms with Gasteiger partial charge >= 0.3 is 5.97 Å². The van der Waals surface area contributed by atoms with E-state index in [1.165, 1.54) is 6.08 Å². The van der Waals surface area contributed by atoms with E-state index in [0.717, 1.165) is 12.8 Å². The molecule has 0 heterocycles. The minimum Gasteiger partial charge on any atom is -0.463 e. The van der Waals surface area contributed by atoms with Crippen molar-refractivity contribution in [3.63, 3.8) is 0 Å². The van der Waals surface area contributed by atoms with E-state index < -0.39 is 0 Å². The fourth-order valence-electron chi connectivity index (χ4n) is 0.600. The first-order chi connectivity index (χ1) is 5.31. The highest BCUT2D eigenvalue weighted by Crippen LogP contribution is 1.92. The molecule has 0 bridgehead atoms. The first-order valence-electron chi connectivity index (χ1n) is 3.71. The van der Waals surface area contributed by atoms with Gasteiger partial charge in [-0.3, -0.25) is 0 Å². The van der Waals surface area contributed by atoms with Crippen LogP contribution in [-0.2, 0) is 9.53 Å². The van der Waals surface area contributed by atoms with Crippen LogP contribution in [0.4, 0.5) is 0 Å². The molecule has 0 aromatic carbocycles. The van der Waals surface area contributed by atoms with Crippen molar-refractivity contribution >= 4 is 5.97 Å².